The molecule has 0 aliphatic heterocycles. The van der Waals surface area contributed by atoms with Crippen LogP contribution in [0.5, 0.6) is 0 Å². The van der Waals surface area contributed by atoms with Gasteiger partial charge in [0.1, 0.15) is 0 Å². The summed E-state index contributed by atoms with van der Waals surface area (Å²) in [6.07, 6.45) is -2.78. The maximum absolute atomic E-state index is 12.1. The highest BCUT2D eigenvalue weighted by molar-refractivity contribution is 5.28. The van der Waals surface area contributed by atoms with E-state index >= 15 is 0 Å². The molecule has 13 heavy (non-hydrogen) atoms. The molecule has 6 heteroatoms. The van der Waals surface area contributed by atoms with Crippen LogP contribution in [0.1, 0.15) is 17.7 Å². The van der Waals surface area contributed by atoms with Gasteiger partial charge in [0.25, 0.3) is 0 Å². The number of aromatic nitrogens is 1. The van der Waals surface area contributed by atoms with Crippen molar-refractivity contribution >= 4 is 5.82 Å². The lowest BCUT2D eigenvalue weighted by Crippen LogP contribution is -1.97. The van der Waals surface area contributed by atoms with Crippen LogP contribution in [0.15, 0.2) is 12.1 Å². The fourth-order valence-electron chi connectivity index (χ4n) is 0.881. The van der Waals surface area contributed by atoms with Crippen molar-refractivity contribution in [1.29, 1.82) is 0 Å². The van der Waals surface area contributed by atoms with Crippen LogP contribution in [0.3, 0.4) is 0 Å². The third-order valence-corrected chi connectivity index (χ3v) is 1.39. The van der Waals surface area contributed by atoms with Gasteiger partial charge in [-0.1, -0.05) is 0 Å². The first-order chi connectivity index (χ1) is 6.00. The van der Waals surface area contributed by atoms with Crippen LogP contribution >= 0.6 is 0 Å². The van der Waals surface area contributed by atoms with E-state index in [1.54, 1.807) is 0 Å². The van der Waals surface area contributed by atoms with Crippen LogP contribution < -0.4 is 0 Å². The SMILES string of the molecule is Cc1cc(C(F)F)nc([N+](=O)[O-])c1. The van der Waals surface area contributed by atoms with Crippen molar-refractivity contribution in [3.05, 3.63) is 33.5 Å². The predicted octanol–water partition coefficient (Wildman–Crippen LogP) is 2.24. The Balaban J connectivity index is 3.19. The van der Waals surface area contributed by atoms with E-state index in [1.807, 2.05) is 0 Å². The Morgan fingerprint density at radius 1 is 1.54 bits per heavy atom. The van der Waals surface area contributed by atoms with Crippen LogP contribution in [0.25, 0.3) is 0 Å². The van der Waals surface area contributed by atoms with E-state index in [0.717, 1.165) is 12.1 Å². The number of hydrogen-bond acceptors (Lipinski definition) is 3. The fraction of sp³-hybridized carbons (Fsp3) is 0.286. The van der Waals surface area contributed by atoms with Crippen LogP contribution in [0.4, 0.5) is 14.6 Å². The zero-order chi connectivity index (χ0) is 10.0. The number of rotatable bonds is 2. The molecule has 0 spiro atoms. The third-order valence-electron chi connectivity index (χ3n) is 1.39. The Hall–Kier alpha value is -1.59. The van der Waals surface area contributed by atoms with Gasteiger partial charge in [-0.2, -0.15) is 0 Å². The van der Waals surface area contributed by atoms with Gasteiger partial charge >= 0.3 is 12.2 Å². The molecule has 0 atom stereocenters. The predicted molar refractivity (Wildman–Crippen MR) is 40.6 cm³/mol. The molecular weight excluding hydrogens is 182 g/mol. The third kappa shape index (κ3) is 2.17. The molecule has 0 aliphatic rings. The van der Waals surface area contributed by atoms with Crippen molar-refractivity contribution < 1.29 is 13.7 Å². The molecule has 0 radical (unpaired) electrons. The molecule has 0 saturated carbocycles. The Labute approximate surface area is 72.4 Å². The first kappa shape index (κ1) is 9.50. The van der Waals surface area contributed by atoms with Crippen LogP contribution in [-0.2, 0) is 0 Å². The highest BCUT2D eigenvalue weighted by atomic mass is 19.3. The molecule has 70 valence electrons. The number of hydrogen-bond donors (Lipinski definition) is 0. The van der Waals surface area contributed by atoms with Gasteiger partial charge in [-0.25, -0.2) is 8.78 Å². The smallest absolute Gasteiger partial charge is 0.358 e. The lowest BCUT2D eigenvalue weighted by molar-refractivity contribution is -0.389. The lowest BCUT2D eigenvalue weighted by atomic mass is 10.2. The second-order valence-electron chi connectivity index (χ2n) is 2.49. The van der Waals surface area contributed by atoms with E-state index in [4.69, 9.17) is 0 Å². The molecular formula is C7H6F2N2O2. The molecule has 0 fully saturated rings. The molecule has 1 aromatic heterocycles. The topological polar surface area (TPSA) is 56.0 Å². The zero-order valence-corrected chi connectivity index (χ0v) is 6.70. The minimum Gasteiger partial charge on any atom is -0.358 e. The molecule has 0 unspecified atom stereocenters. The van der Waals surface area contributed by atoms with E-state index in [9.17, 15) is 18.9 Å². The van der Waals surface area contributed by atoms with Gasteiger partial charge in [-0.15, -0.1) is 0 Å². The Morgan fingerprint density at radius 2 is 2.15 bits per heavy atom. The lowest BCUT2D eigenvalue weighted by Gasteiger charge is -1.97. The molecule has 1 heterocycles. The standard InChI is InChI=1S/C7H6F2N2O2/c1-4-2-5(7(8)9)10-6(3-4)11(12)13/h2-3,7H,1H3. The molecule has 0 bridgehead atoms. The second-order valence-corrected chi connectivity index (χ2v) is 2.49. The highest BCUT2D eigenvalue weighted by Gasteiger charge is 2.18. The van der Waals surface area contributed by atoms with Gasteiger partial charge in [0.15, 0.2) is 0 Å². The van der Waals surface area contributed by atoms with Gasteiger partial charge in [0.05, 0.1) is 0 Å². The molecule has 0 N–H and O–H groups in total. The number of alkyl halides is 2. The summed E-state index contributed by atoms with van der Waals surface area (Å²) in [6.45, 7) is 1.50. The summed E-state index contributed by atoms with van der Waals surface area (Å²) in [7, 11) is 0. The van der Waals surface area contributed by atoms with E-state index < -0.39 is 22.9 Å². The van der Waals surface area contributed by atoms with Crippen molar-refractivity contribution in [3.8, 4) is 0 Å². The Bertz CT molecular complexity index is 341. The monoisotopic (exact) mass is 188 g/mol. The molecule has 1 rings (SSSR count). The number of aryl methyl sites for hydroxylation is 1. The summed E-state index contributed by atoms with van der Waals surface area (Å²) in [5.41, 5.74) is -0.163. The fourth-order valence-corrected chi connectivity index (χ4v) is 0.881. The summed E-state index contributed by atoms with van der Waals surface area (Å²) in [4.78, 5) is 12.6. The molecule has 0 aliphatic carbocycles. The minimum absolute atomic E-state index is 0.400. The number of halogens is 2. The molecule has 0 saturated heterocycles. The normalized spacial score (nSPS) is 10.5. The summed E-state index contributed by atoms with van der Waals surface area (Å²) >= 11 is 0. The molecule has 0 amide bonds. The average Bonchev–Trinajstić information content (AvgIpc) is 2.03. The number of nitrogens with zero attached hydrogens (tertiary/aromatic N) is 2. The van der Waals surface area contributed by atoms with E-state index in [1.165, 1.54) is 6.92 Å². The minimum atomic E-state index is -2.78. The van der Waals surface area contributed by atoms with Gasteiger partial charge < -0.3 is 10.1 Å². The largest absolute Gasteiger partial charge is 0.364 e. The average molecular weight is 188 g/mol. The summed E-state index contributed by atoms with van der Waals surface area (Å²) in [5, 5.41) is 10.2. The summed E-state index contributed by atoms with van der Waals surface area (Å²) < 4.78 is 24.2. The van der Waals surface area contributed by atoms with E-state index in [0.29, 0.717) is 5.56 Å². The maximum Gasteiger partial charge on any atom is 0.364 e. The highest BCUT2D eigenvalue weighted by Crippen LogP contribution is 2.20. The first-order valence-corrected chi connectivity index (χ1v) is 3.42. The molecule has 4 nitrogen and oxygen atoms in total. The first-order valence-electron chi connectivity index (χ1n) is 3.42. The van der Waals surface area contributed by atoms with Crippen LogP contribution in [-0.4, -0.2) is 9.91 Å². The van der Waals surface area contributed by atoms with Gasteiger partial charge in [-0.3, -0.25) is 0 Å². The van der Waals surface area contributed by atoms with Crippen molar-refractivity contribution in [3.63, 3.8) is 0 Å². The summed E-state index contributed by atoms with van der Waals surface area (Å²) in [5.74, 6) is -0.546. The van der Waals surface area contributed by atoms with Crippen LogP contribution in [0, 0.1) is 17.0 Å². The van der Waals surface area contributed by atoms with Crippen molar-refractivity contribution in [1.82, 2.24) is 4.98 Å². The van der Waals surface area contributed by atoms with E-state index in [2.05, 4.69) is 4.98 Å². The van der Waals surface area contributed by atoms with Gasteiger partial charge in [0.2, 0.25) is 5.69 Å². The summed E-state index contributed by atoms with van der Waals surface area (Å²) in [6, 6.07) is 2.27. The Kier molecular flexibility index (Phi) is 2.50. The Morgan fingerprint density at radius 3 is 2.62 bits per heavy atom. The quantitative estimate of drug-likeness (QED) is 0.528. The number of nitro groups is 1. The number of pyridine rings is 1. The maximum atomic E-state index is 12.1. The molecule has 0 aromatic carbocycles. The van der Waals surface area contributed by atoms with E-state index in [-0.39, 0.29) is 0 Å². The molecule has 1 aromatic rings. The van der Waals surface area contributed by atoms with Crippen molar-refractivity contribution in [2.24, 2.45) is 0 Å². The van der Waals surface area contributed by atoms with Crippen molar-refractivity contribution in [2.75, 3.05) is 0 Å². The second kappa shape index (κ2) is 3.42. The van der Waals surface area contributed by atoms with Crippen LogP contribution in [0.2, 0.25) is 0 Å². The zero-order valence-electron chi connectivity index (χ0n) is 6.70. The van der Waals surface area contributed by atoms with Crippen molar-refractivity contribution in [2.45, 2.75) is 13.3 Å². The van der Waals surface area contributed by atoms with Gasteiger partial charge in [0, 0.05) is 6.07 Å². The van der Waals surface area contributed by atoms with Gasteiger partial charge in [-0.05, 0) is 28.5 Å².